The van der Waals surface area contributed by atoms with E-state index < -0.39 is 0 Å². The molecule has 1 atom stereocenters. The molecule has 1 N–H and O–H groups in total. The van der Waals surface area contributed by atoms with E-state index in [1.165, 1.54) is 4.57 Å². The average molecular weight is 493 g/mol. The number of anilines is 1. The van der Waals surface area contributed by atoms with Gasteiger partial charge in [-0.3, -0.25) is 13.9 Å². The van der Waals surface area contributed by atoms with Gasteiger partial charge in [-0.1, -0.05) is 48.5 Å². The van der Waals surface area contributed by atoms with Crippen LogP contribution in [-0.2, 0) is 14.1 Å². The first-order chi connectivity index (χ1) is 17.9. The Morgan fingerprint density at radius 2 is 1.59 bits per heavy atom. The Hall–Kier alpha value is -4.52. The predicted octanol–water partition coefficient (Wildman–Crippen LogP) is 4.92. The van der Waals surface area contributed by atoms with Gasteiger partial charge in [0.2, 0.25) is 0 Å². The third kappa shape index (κ3) is 3.34. The summed E-state index contributed by atoms with van der Waals surface area (Å²) in [4.78, 5) is 27.0. The molecular formula is C30H28N4O3. The summed E-state index contributed by atoms with van der Waals surface area (Å²) in [6.07, 6.45) is 0. The van der Waals surface area contributed by atoms with Crippen LogP contribution in [0.5, 0.6) is 5.75 Å². The average Bonchev–Trinajstić information content (AvgIpc) is 3.27. The van der Waals surface area contributed by atoms with E-state index in [-0.39, 0.29) is 17.3 Å². The number of hydrogen-bond donors (Lipinski definition) is 1. The van der Waals surface area contributed by atoms with Crippen LogP contribution in [0, 0.1) is 6.92 Å². The van der Waals surface area contributed by atoms with Crippen molar-refractivity contribution in [2.24, 2.45) is 14.1 Å². The molecule has 0 bridgehead atoms. The van der Waals surface area contributed by atoms with Crippen LogP contribution in [0.2, 0.25) is 0 Å². The highest BCUT2D eigenvalue weighted by Crippen LogP contribution is 2.45. The van der Waals surface area contributed by atoms with Crippen LogP contribution in [0.3, 0.4) is 0 Å². The minimum absolute atomic E-state index is 0.302. The Labute approximate surface area is 214 Å². The first kappa shape index (κ1) is 22.9. The second-order valence-corrected chi connectivity index (χ2v) is 9.41. The Morgan fingerprint density at radius 1 is 0.892 bits per heavy atom. The topological polar surface area (TPSA) is 70.2 Å². The molecule has 1 unspecified atom stereocenters. The Balaban J connectivity index is 1.80. The molecule has 0 spiro atoms. The van der Waals surface area contributed by atoms with E-state index in [0.29, 0.717) is 17.5 Å². The van der Waals surface area contributed by atoms with Gasteiger partial charge in [-0.05, 0) is 49.2 Å². The van der Waals surface area contributed by atoms with E-state index in [2.05, 4.69) is 9.88 Å². The second-order valence-electron chi connectivity index (χ2n) is 9.41. The van der Waals surface area contributed by atoms with Crippen molar-refractivity contribution in [2.45, 2.75) is 19.9 Å². The van der Waals surface area contributed by atoms with Crippen molar-refractivity contribution in [2.75, 3.05) is 11.9 Å². The number of rotatable bonds is 4. The van der Waals surface area contributed by atoms with Crippen molar-refractivity contribution >= 4 is 16.6 Å². The Bertz CT molecular complexity index is 1790. The van der Waals surface area contributed by atoms with Crippen molar-refractivity contribution in [1.82, 2.24) is 13.7 Å². The second kappa shape index (κ2) is 8.55. The highest BCUT2D eigenvalue weighted by Gasteiger charge is 2.35. The lowest BCUT2D eigenvalue weighted by atomic mass is 9.99. The summed E-state index contributed by atoms with van der Waals surface area (Å²) in [6.45, 7) is 4.60. The quantitative estimate of drug-likeness (QED) is 0.387. The molecule has 6 rings (SSSR count). The summed E-state index contributed by atoms with van der Waals surface area (Å²) in [7, 11) is 3.28. The lowest BCUT2D eigenvalue weighted by Crippen LogP contribution is -2.37. The maximum absolute atomic E-state index is 13.8. The van der Waals surface area contributed by atoms with E-state index in [0.717, 1.165) is 45.2 Å². The van der Waals surface area contributed by atoms with E-state index in [4.69, 9.17) is 4.74 Å². The van der Waals surface area contributed by atoms with E-state index in [9.17, 15) is 9.59 Å². The van der Waals surface area contributed by atoms with Crippen molar-refractivity contribution < 1.29 is 4.74 Å². The zero-order valence-corrected chi connectivity index (χ0v) is 21.3. The fourth-order valence-corrected chi connectivity index (χ4v) is 5.48. The zero-order valence-electron chi connectivity index (χ0n) is 21.3. The number of nitrogens with one attached hydrogen (secondary N) is 1. The molecule has 0 saturated carbocycles. The molecule has 3 heterocycles. The van der Waals surface area contributed by atoms with Crippen LogP contribution in [0.4, 0.5) is 5.69 Å². The molecule has 0 aliphatic carbocycles. The molecule has 5 aromatic rings. The highest BCUT2D eigenvalue weighted by atomic mass is 16.5. The fraction of sp³-hybridized carbons (Fsp3) is 0.200. The van der Waals surface area contributed by atoms with Crippen molar-refractivity contribution in [3.8, 4) is 22.7 Å². The van der Waals surface area contributed by atoms with Gasteiger partial charge in [0.05, 0.1) is 46.3 Å². The summed E-state index contributed by atoms with van der Waals surface area (Å²) in [5.74, 6) is 0.796. The van der Waals surface area contributed by atoms with E-state index in [1.54, 1.807) is 18.7 Å². The van der Waals surface area contributed by atoms with Crippen LogP contribution >= 0.6 is 0 Å². The molecule has 2 aromatic heterocycles. The van der Waals surface area contributed by atoms with Crippen molar-refractivity contribution in [1.29, 1.82) is 0 Å². The number of ether oxygens (including phenoxy) is 1. The van der Waals surface area contributed by atoms with E-state index >= 15 is 0 Å². The van der Waals surface area contributed by atoms with Gasteiger partial charge in [0, 0.05) is 19.7 Å². The number of benzene rings is 3. The molecule has 186 valence electrons. The van der Waals surface area contributed by atoms with Gasteiger partial charge in [0.15, 0.2) is 0 Å². The number of hydrogen-bond acceptors (Lipinski definition) is 4. The number of aryl methyl sites for hydroxylation is 2. The van der Waals surface area contributed by atoms with Gasteiger partial charge in [-0.15, -0.1) is 0 Å². The fourth-order valence-electron chi connectivity index (χ4n) is 5.48. The summed E-state index contributed by atoms with van der Waals surface area (Å²) < 4.78 is 10.6. The van der Waals surface area contributed by atoms with Crippen molar-refractivity contribution in [3.05, 3.63) is 110 Å². The molecule has 0 fully saturated rings. The highest BCUT2D eigenvalue weighted by molar-refractivity contribution is 5.99. The molecule has 37 heavy (non-hydrogen) atoms. The lowest BCUT2D eigenvalue weighted by Gasteiger charge is -2.31. The van der Waals surface area contributed by atoms with Crippen molar-refractivity contribution in [3.63, 3.8) is 0 Å². The molecule has 1 aliphatic heterocycles. The minimum Gasteiger partial charge on any atom is -0.494 e. The molecule has 0 radical (unpaired) electrons. The van der Waals surface area contributed by atoms with Gasteiger partial charge >= 0.3 is 5.69 Å². The maximum atomic E-state index is 13.8. The van der Waals surface area contributed by atoms with Gasteiger partial charge in [0.1, 0.15) is 5.75 Å². The maximum Gasteiger partial charge on any atom is 0.331 e. The Morgan fingerprint density at radius 3 is 2.32 bits per heavy atom. The van der Waals surface area contributed by atoms with Crippen LogP contribution in [-0.4, -0.2) is 20.3 Å². The summed E-state index contributed by atoms with van der Waals surface area (Å²) >= 11 is 0. The minimum atomic E-state index is -0.355. The van der Waals surface area contributed by atoms with Gasteiger partial charge in [0.25, 0.3) is 5.56 Å². The van der Waals surface area contributed by atoms with Crippen LogP contribution in [0.25, 0.3) is 27.8 Å². The monoisotopic (exact) mass is 492 g/mol. The number of para-hydroxylation sites is 2. The van der Waals surface area contributed by atoms with E-state index in [1.807, 2.05) is 86.6 Å². The smallest absolute Gasteiger partial charge is 0.331 e. The lowest BCUT2D eigenvalue weighted by molar-refractivity contribution is 0.340. The third-order valence-electron chi connectivity index (χ3n) is 7.25. The first-order valence-electron chi connectivity index (χ1n) is 12.4. The molecule has 7 heteroatoms. The van der Waals surface area contributed by atoms with Crippen LogP contribution < -0.4 is 21.3 Å². The summed E-state index contributed by atoms with van der Waals surface area (Å²) in [5.41, 5.74) is 6.51. The third-order valence-corrected chi connectivity index (χ3v) is 7.25. The molecular weight excluding hydrogens is 464 g/mol. The first-order valence-corrected chi connectivity index (χ1v) is 12.4. The number of aromatic nitrogens is 3. The number of fused-ring (bicyclic) bond motifs is 5. The van der Waals surface area contributed by atoms with Crippen LogP contribution in [0.15, 0.2) is 82.4 Å². The molecule has 0 saturated heterocycles. The zero-order chi connectivity index (χ0) is 25.8. The summed E-state index contributed by atoms with van der Waals surface area (Å²) in [5, 5.41) is 4.22. The normalized spacial score (nSPS) is 14.2. The standard InChI is InChI=1S/C30H28N4O3/c1-5-37-20-16-14-19(15-17-20)25-28-27-24(29(35)33(4)30(36)32(27)3)26(21-11-7-6-10-18(21)2)34(28)23-13-9-8-12-22(23)31-25/h6-17,25,31H,5H2,1-4H3. The predicted molar refractivity (Wildman–Crippen MR) is 147 cm³/mol. The van der Waals surface area contributed by atoms with Gasteiger partial charge in [-0.25, -0.2) is 4.79 Å². The molecule has 3 aromatic carbocycles. The Kier molecular flexibility index (Phi) is 5.30. The number of nitrogens with zero attached hydrogens (tertiary/aromatic N) is 3. The van der Waals surface area contributed by atoms with Gasteiger partial charge in [-0.2, -0.15) is 0 Å². The molecule has 0 amide bonds. The molecule has 1 aliphatic rings. The molecule has 7 nitrogen and oxygen atoms in total. The largest absolute Gasteiger partial charge is 0.494 e. The van der Waals surface area contributed by atoms with Crippen LogP contribution in [0.1, 0.15) is 29.8 Å². The summed E-state index contributed by atoms with van der Waals surface area (Å²) in [6, 6.07) is 23.8. The SMILES string of the molecule is CCOc1ccc(C2Nc3ccccc3-n3c(-c4ccccc4C)c4c(=O)n(C)c(=O)n(C)c4c32)cc1. The van der Waals surface area contributed by atoms with Gasteiger partial charge < -0.3 is 14.6 Å².